The maximum atomic E-state index is 10.2. The van der Waals surface area contributed by atoms with Crippen LogP contribution < -0.4 is 4.74 Å². The lowest BCUT2D eigenvalue weighted by atomic mass is 9.92. The number of nitrogens with zero attached hydrogens (tertiary/aromatic N) is 4. The standard InChI is InChI=1S/C21H19ClN4O2S/c22-15-6-8-19(27)17(10-15)18-12-29-21-24-23-20(26(21)25-18)11-28-16-7-5-13-3-1-2-4-14(13)9-16/h5-10,27H,1-4,11-12H2. The van der Waals surface area contributed by atoms with Crippen molar-refractivity contribution >= 4 is 29.1 Å². The summed E-state index contributed by atoms with van der Waals surface area (Å²) in [5, 5.41) is 24.5. The molecule has 0 spiro atoms. The third-order valence-electron chi connectivity index (χ3n) is 5.19. The van der Waals surface area contributed by atoms with Crippen molar-refractivity contribution in [2.75, 3.05) is 5.75 Å². The summed E-state index contributed by atoms with van der Waals surface area (Å²) in [5.41, 5.74) is 4.14. The first kappa shape index (κ1) is 18.5. The SMILES string of the molecule is Oc1ccc(Cl)cc1C1=Nn2c(COc3ccc4c(c3)CCCC4)nnc2SC1. The van der Waals surface area contributed by atoms with Gasteiger partial charge in [0.15, 0.2) is 5.82 Å². The van der Waals surface area contributed by atoms with Crippen molar-refractivity contribution in [2.24, 2.45) is 5.10 Å². The minimum Gasteiger partial charge on any atom is -0.507 e. The second kappa shape index (κ2) is 7.72. The van der Waals surface area contributed by atoms with E-state index in [0.29, 0.717) is 27.3 Å². The molecule has 0 saturated carbocycles. The van der Waals surface area contributed by atoms with E-state index in [0.717, 1.165) is 24.3 Å². The molecule has 1 aliphatic heterocycles. The van der Waals surface area contributed by atoms with Crippen molar-refractivity contribution in [3.05, 3.63) is 63.9 Å². The van der Waals surface area contributed by atoms with Crippen LogP contribution in [-0.4, -0.2) is 31.4 Å². The van der Waals surface area contributed by atoms with E-state index < -0.39 is 0 Å². The number of phenols is 1. The molecule has 5 rings (SSSR count). The Balaban J connectivity index is 1.38. The molecule has 29 heavy (non-hydrogen) atoms. The van der Waals surface area contributed by atoms with E-state index in [-0.39, 0.29) is 12.4 Å². The van der Waals surface area contributed by atoms with Crippen LogP contribution in [-0.2, 0) is 19.4 Å². The Morgan fingerprint density at radius 2 is 1.93 bits per heavy atom. The molecule has 1 aliphatic carbocycles. The highest BCUT2D eigenvalue weighted by Gasteiger charge is 2.22. The Morgan fingerprint density at radius 3 is 2.83 bits per heavy atom. The fraction of sp³-hybridized carbons (Fsp3) is 0.286. The molecule has 0 amide bonds. The first-order valence-corrected chi connectivity index (χ1v) is 10.9. The maximum absolute atomic E-state index is 10.2. The minimum atomic E-state index is 0.150. The van der Waals surface area contributed by atoms with Crippen molar-refractivity contribution in [2.45, 2.75) is 37.4 Å². The smallest absolute Gasteiger partial charge is 0.212 e. The fourth-order valence-corrected chi connectivity index (χ4v) is 4.70. The van der Waals surface area contributed by atoms with Gasteiger partial charge in [0.05, 0.1) is 5.71 Å². The number of hydrogen-bond donors (Lipinski definition) is 1. The largest absolute Gasteiger partial charge is 0.507 e. The van der Waals surface area contributed by atoms with Crippen LogP contribution in [0.3, 0.4) is 0 Å². The van der Waals surface area contributed by atoms with Gasteiger partial charge in [-0.1, -0.05) is 29.4 Å². The quantitative estimate of drug-likeness (QED) is 0.667. The Kier molecular flexibility index (Phi) is 4.93. The first-order valence-electron chi connectivity index (χ1n) is 9.56. The molecule has 2 aromatic carbocycles. The van der Waals surface area contributed by atoms with Crippen LogP contribution in [0.25, 0.3) is 0 Å². The number of fused-ring (bicyclic) bond motifs is 2. The van der Waals surface area contributed by atoms with Gasteiger partial charge in [-0.15, -0.1) is 10.2 Å². The van der Waals surface area contributed by atoms with E-state index in [1.807, 2.05) is 6.07 Å². The maximum Gasteiger partial charge on any atom is 0.212 e. The second-order valence-electron chi connectivity index (χ2n) is 7.13. The van der Waals surface area contributed by atoms with Gasteiger partial charge in [-0.25, -0.2) is 0 Å². The van der Waals surface area contributed by atoms with E-state index >= 15 is 0 Å². The van der Waals surface area contributed by atoms with E-state index in [2.05, 4.69) is 27.4 Å². The molecule has 1 aromatic heterocycles. The van der Waals surface area contributed by atoms with Crippen LogP contribution >= 0.6 is 23.4 Å². The molecule has 2 aliphatic rings. The van der Waals surface area contributed by atoms with Crippen molar-refractivity contribution in [1.29, 1.82) is 0 Å². The molecular weight excluding hydrogens is 408 g/mol. The molecule has 0 atom stereocenters. The van der Waals surface area contributed by atoms with Gasteiger partial charge in [0.25, 0.3) is 0 Å². The van der Waals surface area contributed by atoms with Gasteiger partial charge in [0.1, 0.15) is 18.1 Å². The van der Waals surface area contributed by atoms with E-state index in [9.17, 15) is 5.11 Å². The highest BCUT2D eigenvalue weighted by Crippen LogP contribution is 2.30. The van der Waals surface area contributed by atoms with Gasteiger partial charge in [-0.2, -0.15) is 9.78 Å². The number of aromatic hydroxyl groups is 1. The van der Waals surface area contributed by atoms with Crippen LogP contribution in [0.15, 0.2) is 46.7 Å². The van der Waals surface area contributed by atoms with E-state index in [1.54, 1.807) is 22.9 Å². The summed E-state index contributed by atoms with van der Waals surface area (Å²) in [7, 11) is 0. The zero-order chi connectivity index (χ0) is 19.8. The summed E-state index contributed by atoms with van der Waals surface area (Å²) < 4.78 is 7.68. The number of thioether (sulfide) groups is 1. The summed E-state index contributed by atoms with van der Waals surface area (Å²) in [6, 6.07) is 11.3. The number of aromatic nitrogens is 3. The van der Waals surface area contributed by atoms with Crippen LogP contribution in [0.5, 0.6) is 11.5 Å². The number of aryl methyl sites for hydroxylation is 2. The lowest BCUT2D eigenvalue weighted by Crippen LogP contribution is -2.15. The molecule has 0 fully saturated rings. The Hall–Kier alpha value is -2.51. The van der Waals surface area contributed by atoms with Crippen LogP contribution in [0, 0.1) is 0 Å². The third kappa shape index (κ3) is 3.72. The lowest BCUT2D eigenvalue weighted by Gasteiger charge is -2.17. The molecule has 3 aromatic rings. The Labute approximate surface area is 177 Å². The molecule has 1 N–H and O–H groups in total. The molecule has 0 unspecified atom stereocenters. The molecule has 8 heteroatoms. The van der Waals surface area contributed by atoms with Crippen molar-refractivity contribution in [1.82, 2.24) is 14.9 Å². The summed E-state index contributed by atoms with van der Waals surface area (Å²) in [6.45, 7) is 0.269. The van der Waals surface area contributed by atoms with Crippen LogP contribution in [0.4, 0.5) is 0 Å². The third-order valence-corrected chi connectivity index (χ3v) is 6.36. The number of phenolic OH excluding ortho intramolecular Hbond substituents is 1. The van der Waals surface area contributed by atoms with Crippen molar-refractivity contribution in [3.63, 3.8) is 0 Å². The van der Waals surface area contributed by atoms with Gasteiger partial charge >= 0.3 is 0 Å². The summed E-state index contributed by atoms with van der Waals surface area (Å²) >= 11 is 7.61. The minimum absolute atomic E-state index is 0.150. The predicted octanol–water partition coefficient (Wildman–Crippen LogP) is 4.45. The summed E-state index contributed by atoms with van der Waals surface area (Å²) in [4.78, 5) is 0. The zero-order valence-corrected chi connectivity index (χ0v) is 17.2. The highest BCUT2D eigenvalue weighted by atomic mass is 35.5. The van der Waals surface area contributed by atoms with Crippen molar-refractivity contribution < 1.29 is 9.84 Å². The molecular formula is C21H19ClN4O2S. The molecule has 6 nitrogen and oxygen atoms in total. The lowest BCUT2D eigenvalue weighted by molar-refractivity contribution is 0.289. The summed E-state index contributed by atoms with van der Waals surface area (Å²) in [5.74, 6) is 2.18. The number of halogens is 1. The number of rotatable bonds is 4. The summed E-state index contributed by atoms with van der Waals surface area (Å²) in [6.07, 6.45) is 4.76. The average molecular weight is 427 g/mol. The number of benzene rings is 2. The van der Waals surface area contributed by atoms with Gasteiger partial charge in [0, 0.05) is 16.3 Å². The fourth-order valence-electron chi connectivity index (χ4n) is 3.68. The molecule has 0 bridgehead atoms. The van der Waals surface area contributed by atoms with Crippen molar-refractivity contribution in [3.8, 4) is 11.5 Å². The van der Waals surface area contributed by atoms with E-state index in [4.69, 9.17) is 16.3 Å². The number of hydrogen-bond acceptors (Lipinski definition) is 6. The average Bonchev–Trinajstić information content (AvgIpc) is 3.16. The van der Waals surface area contributed by atoms with Gasteiger partial charge in [0.2, 0.25) is 5.16 Å². The van der Waals surface area contributed by atoms with E-state index in [1.165, 1.54) is 35.7 Å². The van der Waals surface area contributed by atoms with Crippen LogP contribution in [0.2, 0.25) is 5.02 Å². The molecule has 148 valence electrons. The Bertz CT molecular complexity index is 1110. The number of ether oxygens (including phenoxy) is 1. The van der Waals surface area contributed by atoms with Crippen LogP contribution in [0.1, 0.15) is 35.4 Å². The molecule has 0 saturated heterocycles. The second-order valence-corrected chi connectivity index (χ2v) is 8.51. The monoisotopic (exact) mass is 426 g/mol. The van der Waals surface area contributed by atoms with Gasteiger partial charge < -0.3 is 9.84 Å². The molecule has 0 radical (unpaired) electrons. The normalized spacial score (nSPS) is 15.4. The zero-order valence-electron chi connectivity index (χ0n) is 15.6. The Morgan fingerprint density at radius 1 is 1.07 bits per heavy atom. The van der Waals surface area contributed by atoms with Gasteiger partial charge in [-0.3, -0.25) is 0 Å². The predicted molar refractivity (Wildman–Crippen MR) is 113 cm³/mol. The topological polar surface area (TPSA) is 72.5 Å². The van der Waals surface area contributed by atoms with Gasteiger partial charge in [-0.05, 0) is 67.1 Å². The molecule has 2 heterocycles. The highest BCUT2D eigenvalue weighted by molar-refractivity contribution is 7.99. The first-order chi connectivity index (χ1) is 14.2.